The second-order valence-electron chi connectivity index (χ2n) is 5.02. The van der Waals surface area contributed by atoms with E-state index in [1.165, 1.54) is 7.11 Å². The van der Waals surface area contributed by atoms with Crippen molar-refractivity contribution in [2.75, 3.05) is 38.7 Å². The van der Waals surface area contributed by atoms with Gasteiger partial charge in [-0.1, -0.05) is 11.6 Å². The molecule has 7 heteroatoms. The molecule has 1 aromatic rings. The number of anilines is 1. The molecule has 1 heterocycles. The van der Waals surface area contributed by atoms with Gasteiger partial charge in [0.25, 0.3) is 0 Å². The number of carbonyl (C=O) groups excluding carboxylic acids is 2. The van der Waals surface area contributed by atoms with E-state index in [2.05, 4.69) is 5.32 Å². The minimum atomic E-state index is -0.378. The molecule has 1 N–H and O–H groups in total. The Morgan fingerprint density at radius 1 is 1.36 bits per heavy atom. The van der Waals surface area contributed by atoms with Crippen molar-refractivity contribution in [2.24, 2.45) is 0 Å². The molecule has 0 aliphatic carbocycles. The molecule has 2 amide bonds. The molecule has 22 heavy (non-hydrogen) atoms. The zero-order valence-corrected chi connectivity index (χ0v) is 13.4. The van der Waals surface area contributed by atoms with E-state index in [9.17, 15) is 9.59 Å². The number of carbonyl (C=O) groups is 2. The van der Waals surface area contributed by atoms with Gasteiger partial charge in [-0.25, -0.2) is 0 Å². The molecule has 0 saturated carbocycles. The van der Waals surface area contributed by atoms with Gasteiger partial charge >= 0.3 is 0 Å². The van der Waals surface area contributed by atoms with Crippen molar-refractivity contribution >= 4 is 29.1 Å². The molecule has 1 aromatic carbocycles. The maximum absolute atomic E-state index is 12.1. The van der Waals surface area contributed by atoms with Crippen LogP contribution in [0.2, 0.25) is 5.02 Å². The van der Waals surface area contributed by atoms with Gasteiger partial charge in [-0.15, -0.1) is 0 Å². The van der Waals surface area contributed by atoms with Crippen molar-refractivity contribution in [2.45, 2.75) is 13.3 Å². The lowest BCUT2D eigenvalue weighted by Crippen LogP contribution is -2.41. The Hall–Kier alpha value is -1.79. The molecule has 1 fully saturated rings. The van der Waals surface area contributed by atoms with Crippen molar-refractivity contribution in [3.63, 3.8) is 0 Å². The van der Waals surface area contributed by atoms with E-state index in [1.807, 2.05) is 6.92 Å². The SMILES string of the molecule is COc1cc(Cl)c(C)cc1NC(=O)CC(=O)N1CCOCC1. The summed E-state index contributed by atoms with van der Waals surface area (Å²) in [6.07, 6.45) is -0.204. The number of nitrogens with one attached hydrogen (secondary N) is 1. The van der Waals surface area contributed by atoms with E-state index in [1.54, 1.807) is 17.0 Å². The monoisotopic (exact) mass is 326 g/mol. The van der Waals surface area contributed by atoms with Gasteiger partial charge in [-0.05, 0) is 18.6 Å². The standard InChI is InChI=1S/C15H19ClN2O4/c1-10-7-12(13(21-2)8-11(10)16)17-14(19)9-15(20)18-3-5-22-6-4-18/h7-8H,3-6,9H2,1-2H3,(H,17,19). The first-order valence-corrected chi connectivity index (χ1v) is 7.38. The summed E-state index contributed by atoms with van der Waals surface area (Å²) in [6.45, 7) is 3.90. The quantitative estimate of drug-likeness (QED) is 0.857. The van der Waals surface area contributed by atoms with Gasteiger partial charge in [-0.2, -0.15) is 0 Å². The van der Waals surface area contributed by atoms with E-state index in [0.29, 0.717) is 42.8 Å². The van der Waals surface area contributed by atoms with Gasteiger partial charge in [0.2, 0.25) is 11.8 Å². The Balaban J connectivity index is 1.99. The highest BCUT2D eigenvalue weighted by Crippen LogP contribution is 2.31. The first kappa shape index (κ1) is 16.6. The number of methoxy groups -OCH3 is 1. The molecular formula is C15H19ClN2O4. The first-order chi connectivity index (χ1) is 10.5. The van der Waals surface area contributed by atoms with Crippen LogP contribution < -0.4 is 10.1 Å². The highest BCUT2D eigenvalue weighted by Gasteiger charge is 2.20. The maximum Gasteiger partial charge on any atom is 0.233 e. The average Bonchev–Trinajstić information content (AvgIpc) is 2.51. The number of morpholine rings is 1. The second kappa shape index (κ2) is 7.47. The molecule has 1 aliphatic heterocycles. The highest BCUT2D eigenvalue weighted by atomic mass is 35.5. The lowest BCUT2D eigenvalue weighted by molar-refractivity contribution is -0.138. The molecule has 2 rings (SSSR count). The number of nitrogens with zero attached hydrogens (tertiary/aromatic N) is 1. The molecule has 1 aliphatic rings. The summed E-state index contributed by atoms with van der Waals surface area (Å²) in [5.74, 6) is -0.121. The Labute approximate surface area is 134 Å². The molecule has 0 aromatic heterocycles. The van der Waals surface area contributed by atoms with Crippen LogP contribution >= 0.6 is 11.6 Å². The lowest BCUT2D eigenvalue weighted by atomic mass is 10.2. The van der Waals surface area contributed by atoms with Crippen LogP contribution in [0.1, 0.15) is 12.0 Å². The number of ether oxygens (including phenoxy) is 2. The average molecular weight is 327 g/mol. The van der Waals surface area contributed by atoms with Gasteiger partial charge in [0, 0.05) is 24.2 Å². The smallest absolute Gasteiger partial charge is 0.233 e. The normalized spacial score (nSPS) is 14.6. The summed E-state index contributed by atoms with van der Waals surface area (Å²) in [7, 11) is 1.50. The van der Waals surface area contributed by atoms with Gasteiger partial charge in [0.15, 0.2) is 0 Å². The van der Waals surface area contributed by atoms with Crippen LogP contribution in [0.5, 0.6) is 5.75 Å². The number of hydrogen-bond donors (Lipinski definition) is 1. The zero-order chi connectivity index (χ0) is 16.1. The van der Waals surface area contributed by atoms with E-state index in [0.717, 1.165) is 5.56 Å². The number of amides is 2. The molecule has 0 unspecified atom stereocenters. The van der Waals surface area contributed by atoms with E-state index in [-0.39, 0.29) is 18.2 Å². The number of aryl methyl sites for hydroxylation is 1. The fraction of sp³-hybridized carbons (Fsp3) is 0.467. The summed E-state index contributed by atoms with van der Waals surface area (Å²) in [5, 5.41) is 3.25. The van der Waals surface area contributed by atoms with E-state index in [4.69, 9.17) is 21.1 Å². The summed E-state index contributed by atoms with van der Waals surface area (Å²) < 4.78 is 10.4. The van der Waals surface area contributed by atoms with Crippen molar-refractivity contribution in [1.82, 2.24) is 4.90 Å². The number of rotatable bonds is 4. The summed E-state index contributed by atoms with van der Waals surface area (Å²) in [4.78, 5) is 25.7. The molecule has 6 nitrogen and oxygen atoms in total. The Bertz CT molecular complexity index is 571. The topological polar surface area (TPSA) is 67.9 Å². The first-order valence-electron chi connectivity index (χ1n) is 7.00. The minimum Gasteiger partial charge on any atom is -0.495 e. The number of hydrogen-bond acceptors (Lipinski definition) is 4. The third-order valence-electron chi connectivity index (χ3n) is 3.43. The molecule has 1 saturated heterocycles. The highest BCUT2D eigenvalue weighted by molar-refractivity contribution is 6.31. The maximum atomic E-state index is 12.1. The van der Waals surface area contributed by atoms with Crippen LogP contribution in [0.3, 0.4) is 0 Å². The van der Waals surface area contributed by atoms with Crippen LogP contribution in [0.4, 0.5) is 5.69 Å². The Morgan fingerprint density at radius 3 is 2.68 bits per heavy atom. The molecule has 0 bridgehead atoms. The predicted octanol–water partition coefficient (Wildman–Crippen LogP) is 1.84. The lowest BCUT2D eigenvalue weighted by Gasteiger charge is -2.26. The van der Waals surface area contributed by atoms with Crippen LogP contribution in [0.15, 0.2) is 12.1 Å². The third-order valence-corrected chi connectivity index (χ3v) is 3.84. The number of benzene rings is 1. The van der Waals surface area contributed by atoms with Crippen LogP contribution in [-0.2, 0) is 14.3 Å². The molecular weight excluding hydrogens is 308 g/mol. The van der Waals surface area contributed by atoms with Crippen LogP contribution in [0.25, 0.3) is 0 Å². The zero-order valence-electron chi connectivity index (χ0n) is 12.6. The molecule has 0 spiro atoms. The van der Waals surface area contributed by atoms with E-state index >= 15 is 0 Å². The van der Waals surface area contributed by atoms with Gasteiger partial charge in [-0.3, -0.25) is 9.59 Å². The Morgan fingerprint density at radius 2 is 2.05 bits per heavy atom. The minimum absolute atomic E-state index is 0.203. The van der Waals surface area contributed by atoms with E-state index < -0.39 is 0 Å². The van der Waals surface area contributed by atoms with Crippen molar-refractivity contribution in [3.8, 4) is 5.75 Å². The fourth-order valence-corrected chi connectivity index (χ4v) is 2.34. The van der Waals surface area contributed by atoms with Gasteiger partial charge in [0.05, 0.1) is 26.0 Å². The summed E-state index contributed by atoms with van der Waals surface area (Å²) >= 11 is 6.02. The molecule has 120 valence electrons. The van der Waals surface area contributed by atoms with Crippen molar-refractivity contribution in [1.29, 1.82) is 0 Å². The van der Waals surface area contributed by atoms with Gasteiger partial charge in [0.1, 0.15) is 12.2 Å². The number of halogens is 1. The summed E-state index contributed by atoms with van der Waals surface area (Å²) in [5.41, 5.74) is 1.32. The van der Waals surface area contributed by atoms with Crippen molar-refractivity contribution < 1.29 is 19.1 Å². The Kier molecular flexibility index (Phi) is 5.63. The van der Waals surface area contributed by atoms with Crippen molar-refractivity contribution in [3.05, 3.63) is 22.7 Å². The van der Waals surface area contributed by atoms with Crippen LogP contribution in [0, 0.1) is 6.92 Å². The van der Waals surface area contributed by atoms with Crippen LogP contribution in [-0.4, -0.2) is 50.1 Å². The second-order valence-corrected chi connectivity index (χ2v) is 5.43. The predicted molar refractivity (Wildman–Crippen MR) is 83.4 cm³/mol. The largest absolute Gasteiger partial charge is 0.495 e. The summed E-state index contributed by atoms with van der Waals surface area (Å²) in [6, 6.07) is 3.36. The van der Waals surface area contributed by atoms with Gasteiger partial charge < -0.3 is 19.7 Å². The molecule has 0 radical (unpaired) electrons. The third kappa shape index (κ3) is 4.11. The fourth-order valence-electron chi connectivity index (χ4n) is 2.19. The molecule has 0 atom stereocenters.